The van der Waals surface area contributed by atoms with Crippen LogP contribution in [0.5, 0.6) is 0 Å². The summed E-state index contributed by atoms with van der Waals surface area (Å²) in [6.07, 6.45) is 0. The number of nitrogens with two attached hydrogens (primary N) is 1. The number of nitrogens with zero attached hydrogens (tertiary/aromatic N) is 1. The van der Waals surface area contributed by atoms with Crippen molar-refractivity contribution in [3.8, 4) is 0 Å². The summed E-state index contributed by atoms with van der Waals surface area (Å²) < 4.78 is 26.5. The molecule has 1 unspecified atom stereocenters. The van der Waals surface area contributed by atoms with Crippen LogP contribution in [0.25, 0.3) is 0 Å². The SMILES string of the molecule is Cc1cc(Cl)ccc1S(=O)(=O)N1CCNCC1C(N)=O. The molecule has 0 bridgehead atoms. The fourth-order valence-electron chi connectivity index (χ4n) is 2.24. The maximum Gasteiger partial charge on any atom is 0.244 e. The zero-order valence-electron chi connectivity index (χ0n) is 11.0. The Kier molecular flexibility index (Phi) is 4.33. The molecule has 0 aromatic heterocycles. The highest BCUT2D eigenvalue weighted by Crippen LogP contribution is 2.24. The van der Waals surface area contributed by atoms with Crippen LogP contribution < -0.4 is 11.1 Å². The van der Waals surface area contributed by atoms with Gasteiger partial charge in [-0.05, 0) is 30.7 Å². The number of sulfonamides is 1. The van der Waals surface area contributed by atoms with Gasteiger partial charge in [-0.15, -0.1) is 0 Å². The van der Waals surface area contributed by atoms with Crippen molar-refractivity contribution >= 4 is 27.5 Å². The van der Waals surface area contributed by atoms with Crippen LogP contribution in [0.4, 0.5) is 0 Å². The number of rotatable bonds is 3. The summed E-state index contributed by atoms with van der Waals surface area (Å²) in [5, 5.41) is 3.43. The molecule has 8 heteroatoms. The minimum atomic E-state index is -3.77. The van der Waals surface area contributed by atoms with Crippen LogP contribution in [0.1, 0.15) is 5.56 Å². The van der Waals surface area contributed by atoms with Crippen molar-refractivity contribution in [3.05, 3.63) is 28.8 Å². The quantitative estimate of drug-likeness (QED) is 0.826. The molecule has 1 amide bonds. The number of amides is 1. The number of carbonyl (C=O) groups excluding carboxylic acids is 1. The highest BCUT2D eigenvalue weighted by Gasteiger charge is 2.37. The van der Waals surface area contributed by atoms with Crippen LogP contribution in [-0.2, 0) is 14.8 Å². The van der Waals surface area contributed by atoms with Crippen LogP contribution in [-0.4, -0.2) is 44.3 Å². The van der Waals surface area contributed by atoms with E-state index in [1.807, 2.05) is 0 Å². The summed E-state index contributed by atoms with van der Waals surface area (Å²) in [5.41, 5.74) is 5.83. The first-order valence-electron chi connectivity index (χ1n) is 6.12. The van der Waals surface area contributed by atoms with Crippen molar-refractivity contribution in [1.29, 1.82) is 0 Å². The van der Waals surface area contributed by atoms with Gasteiger partial charge in [-0.1, -0.05) is 11.6 Å². The highest BCUT2D eigenvalue weighted by atomic mass is 35.5. The van der Waals surface area contributed by atoms with Gasteiger partial charge < -0.3 is 11.1 Å². The number of halogens is 1. The summed E-state index contributed by atoms with van der Waals surface area (Å²) in [4.78, 5) is 11.6. The number of aryl methyl sites for hydroxylation is 1. The van der Waals surface area contributed by atoms with Crippen molar-refractivity contribution in [2.75, 3.05) is 19.6 Å². The lowest BCUT2D eigenvalue weighted by Crippen LogP contribution is -2.58. The Balaban J connectivity index is 2.45. The molecule has 1 aromatic rings. The summed E-state index contributed by atoms with van der Waals surface area (Å²) in [5.74, 6) is -0.660. The fourth-order valence-corrected chi connectivity index (χ4v) is 4.27. The lowest BCUT2D eigenvalue weighted by Gasteiger charge is -2.33. The molecule has 20 heavy (non-hydrogen) atoms. The van der Waals surface area contributed by atoms with E-state index >= 15 is 0 Å². The molecule has 1 aliphatic heterocycles. The maximum atomic E-state index is 12.7. The van der Waals surface area contributed by atoms with Gasteiger partial charge in [-0.2, -0.15) is 4.31 Å². The minimum absolute atomic E-state index is 0.148. The smallest absolute Gasteiger partial charge is 0.244 e. The Morgan fingerprint density at radius 1 is 1.50 bits per heavy atom. The molecule has 0 aliphatic carbocycles. The Labute approximate surface area is 122 Å². The first-order chi connectivity index (χ1) is 9.34. The topological polar surface area (TPSA) is 92.5 Å². The monoisotopic (exact) mass is 317 g/mol. The average molecular weight is 318 g/mol. The molecule has 1 aliphatic rings. The predicted molar refractivity (Wildman–Crippen MR) is 75.9 cm³/mol. The van der Waals surface area contributed by atoms with E-state index in [-0.39, 0.29) is 18.0 Å². The Morgan fingerprint density at radius 3 is 2.80 bits per heavy atom. The van der Waals surface area contributed by atoms with Gasteiger partial charge in [-0.3, -0.25) is 4.79 Å². The Morgan fingerprint density at radius 2 is 2.20 bits per heavy atom. The maximum absolute atomic E-state index is 12.7. The van der Waals surface area contributed by atoms with Crippen LogP contribution in [0, 0.1) is 6.92 Å². The van der Waals surface area contributed by atoms with Crippen LogP contribution >= 0.6 is 11.6 Å². The third kappa shape index (κ3) is 2.80. The van der Waals surface area contributed by atoms with Gasteiger partial charge in [0.2, 0.25) is 15.9 Å². The van der Waals surface area contributed by atoms with E-state index in [0.29, 0.717) is 17.1 Å². The molecule has 6 nitrogen and oxygen atoms in total. The molecule has 110 valence electrons. The number of carbonyl (C=O) groups is 1. The van der Waals surface area contributed by atoms with Crippen molar-refractivity contribution in [1.82, 2.24) is 9.62 Å². The van der Waals surface area contributed by atoms with E-state index in [0.717, 1.165) is 4.31 Å². The summed E-state index contributed by atoms with van der Waals surface area (Å²) >= 11 is 5.84. The zero-order valence-corrected chi connectivity index (χ0v) is 12.5. The highest BCUT2D eigenvalue weighted by molar-refractivity contribution is 7.89. The summed E-state index contributed by atoms with van der Waals surface area (Å²) in [6, 6.07) is 3.68. The number of benzene rings is 1. The number of primary amides is 1. The first kappa shape index (κ1) is 15.2. The van der Waals surface area contributed by atoms with Gasteiger partial charge in [0, 0.05) is 24.7 Å². The van der Waals surface area contributed by atoms with E-state index in [9.17, 15) is 13.2 Å². The second-order valence-electron chi connectivity index (χ2n) is 4.65. The van der Waals surface area contributed by atoms with Crippen molar-refractivity contribution in [2.24, 2.45) is 5.73 Å². The first-order valence-corrected chi connectivity index (χ1v) is 7.94. The molecule has 1 fully saturated rings. The second-order valence-corrected chi connectivity index (χ2v) is 6.94. The second kappa shape index (κ2) is 5.69. The normalized spacial score (nSPS) is 20.8. The lowest BCUT2D eigenvalue weighted by molar-refractivity contribution is -0.122. The van der Waals surface area contributed by atoms with Gasteiger partial charge >= 0.3 is 0 Å². The van der Waals surface area contributed by atoms with Crippen molar-refractivity contribution in [2.45, 2.75) is 17.9 Å². The van der Waals surface area contributed by atoms with E-state index in [4.69, 9.17) is 17.3 Å². The van der Waals surface area contributed by atoms with Gasteiger partial charge in [0.25, 0.3) is 0 Å². The van der Waals surface area contributed by atoms with Crippen LogP contribution in [0.15, 0.2) is 23.1 Å². The standard InChI is InChI=1S/C12H16ClN3O3S/c1-8-6-9(13)2-3-11(8)20(18,19)16-5-4-15-7-10(16)12(14)17/h2-3,6,10,15H,4-5,7H2,1H3,(H2,14,17). The minimum Gasteiger partial charge on any atom is -0.368 e. The predicted octanol–water partition coefficient (Wildman–Crippen LogP) is 0.0962. The third-order valence-corrected chi connectivity index (χ3v) is 5.55. The number of piperazine rings is 1. The van der Waals surface area contributed by atoms with E-state index in [1.54, 1.807) is 13.0 Å². The van der Waals surface area contributed by atoms with Gasteiger partial charge in [0.1, 0.15) is 6.04 Å². The molecule has 0 saturated carbocycles. The molecular formula is C12H16ClN3O3S. The fraction of sp³-hybridized carbons (Fsp3) is 0.417. The van der Waals surface area contributed by atoms with Gasteiger partial charge in [-0.25, -0.2) is 8.42 Å². The Hall–Kier alpha value is -1.15. The van der Waals surface area contributed by atoms with Crippen LogP contribution in [0.3, 0.4) is 0 Å². The third-order valence-electron chi connectivity index (χ3n) is 3.25. The molecule has 3 N–H and O–H groups in total. The molecule has 1 atom stereocenters. The Bertz CT molecular complexity index is 633. The van der Waals surface area contributed by atoms with Gasteiger partial charge in [0.15, 0.2) is 0 Å². The molecule has 1 heterocycles. The molecule has 0 radical (unpaired) electrons. The van der Waals surface area contributed by atoms with E-state index in [1.165, 1.54) is 12.1 Å². The molecular weight excluding hydrogens is 302 g/mol. The number of nitrogens with one attached hydrogen (secondary N) is 1. The number of hydrogen-bond donors (Lipinski definition) is 2. The average Bonchev–Trinajstić information content (AvgIpc) is 2.38. The summed E-state index contributed by atoms with van der Waals surface area (Å²) in [7, 11) is -3.77. The molecule has 2 rings (SSSR count). The van der Waals surface area contributed by atoms with E-state index < -0.39 is 22.0 Å². The van der Waals surface area contributed by atoms with E-state index in [2.05, 4.69) is 5.32 Å². The van der Waals surface area contributed by atoms with Crippen molar-refractivity contribution < 1.29 is 13.2 Å². The lowest BCUT2D eigenvalue weighted by atomic mass is 10.2. The molecule has 1 aromatic carbocycles. The number of hydrogen-bond acceptors (Lipinski definition) is 4. The zero-order chi connectivity index (χ0) is 14.9. The van der Waals surface area contributed by atoms with Crippen LogP contribution in [0.2, 0.25) is 5.02 Å². The van der Waals surface area contributed by atoms with Gasteiger partial charge in [0.05, 0.1) is 4.90 Å². The summed E-state index contributed by atoms with van der Waals surface area (Å²) in [6.45, 7) is 2.58. The molecule has 0 spiro atoms. The molecule has 1 saturated heterocycles. The van der Waals surface area contributed by atoms with Crippen molar-refractivity contribution in [3.63, 3.8) is 0 Å². The largest absolute Gasteiger partial charge is 0.368 e.